The molecule has 0 bridgehead atoms. The van der Waals surface area contributed by atoms with Gasteiger partial charge in [0.05, 0.1) is 18.9 Å². The summed E-state index contributed by atoms with van der Waals surface area (Å²) in [6.07, 6.45) is 8.44. The number of aromatic nitrogens is 3. The molecule has 1 aromatic carbocycles. The first-order valence-corrected chi connectivity index (χ1v) is 12.3. The zero-order valence-electron chi connectivity index (χ0n) is 20.0. The maximum absolute atomic E-state index is 13.2. The first-order chi connectivity index (χ1) is 17.1. The van der Waals surface area contributed by atoms with Crippen LogP contribution >= 0.6 is 0 Å². The van der Waals surface area contributed by atoms with E-state index in [2.05, 4.69) is 15.2 Å². The molecule has 0 unspecified atom stereocenters. The van der Waals surface area contributed by atoms with Gasteiger partial charge < -0.3 is 20.1 Å². The largest absolute Gasteiger partial charge is 0.496 e. The number of piperidine rings is 1. The number of nitrogen functional groups attached to an aromatic ring is 1. The molecule has 1 aliphatic heterocycles. The second-order valence-electron chi connectivity index (χ2n) is 9.27. The van der Waals surface area contributed by atoms with Gasteiger partial charge in [-0.3, -0.25) is 9.78 Å². The smallest absolute Gasteiger partial charge is 0.272 e. The van der Waals surface area contributed by atoms with Crippen molar-refractivity contribution in [3.63, 3.8) is 0 Å². The Morgan fingerprint density at radius 3 is 2.40 bits per heavy atom. The average Bonchev–Trinajstić information content (AvgIpc) is 3.42. The highest BCUT2D eigenvalue weighted by atomic mass is 16.5. The summed E-state index contributed by atoms with van der Waals surface area (Å²) in [6.45, 7) is 1.29. The number of carbonyl (C=O) groups excluding carboxylic acids is 1. The fraction of sp³-hybridized carbons (Fsp3) is 0.407. The minimum absolute atomic E-state index is 0.0861. The molecule has 3 heterocycles. The van der Waals surface area contributed by atoms with Crippen molar-refractivity contribution in [3.05, 3.63) is 60.0 Å². The number of likely N-dealkylation sites (tertiary alicyclic amines) is 1. The molecule has 0 spiro atoms. The van der Waals surface area contributed by atoms with Crippen LogP contribution in [0, 0.1) is 0 Å². The maximum atomic E-state index is 13.2. The summed E-state index contributed by atoms with van der Waals surface area (Å²) in [5.74, 6) is 2.11. The Hall–Kier alpha value is -3.68. The number of hydrogen-bond donors (Lipinski definition) is 1. The minimum atomic E-state index is -0.0861. The third-order valence-electron chi connectivity index (χ3n) is 6.98. The molecule has 1 amide bonds. The standard InChI is InChI=1S/C27H31N5O3/c1-34-25-16-24(27(33)32-14-12-19(13-15-32)23-10-11-26(28)31-30-23)29-17-22(25)18-6-8-21(9-7-18)35-20-4-2-3-5-20/h6-11,16-17,19-20H,2-5,12-15H2,1H3,(H2,28,31). The van der Waals surface area contributed by atoms with Crippen LogP contribution in [0.2, 0.25) is 0 Å². The molecule has 182 valence electrons. The summed E-state index contributed by atoms with van der Waals surface area (Å²) in [4.78, 5) is 19.5. The average molecular weight is 474 g/mol. The number of ether oxygens (including phenoxy) is 2. The number of amides is 1. The Morgan fingerprint density at radius 1 is 1.00 bits per heavy atom. The molecule has 2 fully saturated rings. The summed E-state index contributed by atoms with van der Waals surface area (Å²) >= 11 is 0. The highest BCUT2D eigenvalue weighted by Crippen LogP contribution is 2.33. The summed E-state index contributed by atoms with van der Waals surface area (Å²) in [6, 6.07) is 13.4. The van der Waals surface area contributed by atoms with Gasteiger partial charge in [-0.15, -0.1) is 5.10 Å². The Kier molecular flexibility index (Phi) is 6.79. The topological polar surface area (TPSA) is 103 Å². The van der Waals surface area contributed by atoms with Gasteiger partial charge in [-0.05, 0) is 68.4 Å². The molecule has 2 aliphatic rings. The second kappa shape index (κ2) is 10.3. The van der Waals surface area contributed by atoms with Crippen LogP contribution in [0.1, 0.15) is 60.6 Å². The van der Waals surface area contributed by atoms with Crippen LogP contribution in [0.15, 0.2) is 48.7 Å². The maximum Gasteiger partial charge on any atom is 0.272 e. The monoisotopic (exact) mass is 473 g/mol. The van der Waals surface area contributed by atoms with E-state index in [1.807, 2.05) is 35.2 Å². The van der Waals surface area contributed by atoms with E-state index in [-0.39, 0.29) is 11.8 Å². The lowest BCUT2D eigenvalue weighted by molar-refractivity contribution is 0.0705. The van der Waals surface area contributed by atoms with Crippen molar-refractivity contribution in [2.75, 3.05) is 25.9 Å². The molecule has 3 aromatic rings. The number of nitrogens with two attached hydrogens (primary N) is 1. The van der Waals surface area contributed by atoms with Gasteiger partial charge in [-0.25, -0.2) is 0 Å². The predicted octanol–water partition coefficient (Wildman–Crippen LogP) is 4.47. The SMILES string of the molecule is COc1cc(C(=O)N2CCC(c3ccc(N)nn3)CC2)ncc1-c1ccc(OC2CCCC2)cc1. The molecule has 35 heavy (non-hydrogen) atoms. The molecule has 8 heteroatoms. The molecule has 2 aromatic heterocycles. The number of rotatable bonds is 6. The predicted molar refractivity (Wildman–Crippen MR) is 133 cm³/mol. The Morgan fingerprint density at radius 2 is 1.74 bits per heavy atom. The van der Waals surface area contributed by atoms with Crippen molar-refractivity contribution in [3.8, 4) is 22.6 Å². The van der Waals surface area contributed by atoms with Crippen molar-refractivity contribution in [1.29, 1.82) is 0 Å². The molecule has 0 atom stereocenters. The van der Waals surface area contributed by atoms with Gasteiger partial charge in [-0.1, -0.05) is 12.1 Å². The Balaban J connectivity index is 1.25. The van der Waals surface area contributed by atoms with E-state index in [1.54, 1.807) is 25.4 Å². The van der Waals surface area contributed by atoms with E-state index in [0.29, 0.717) is 36.5 Å². The van der Waals surface area contributed by atoms with Gasteiger partial charge in [0.2, 0.25) is 0 Å². The lowest BCUT2D eigenvalue weighted by Gasteiger charge is -2.31. The third-order valence-corrected chi connectivity index (χ3v) is 6.98. The van der Waals surface area contributed by atoms with Crippen LogP contribution < -0.4 is 15.2 Å². The molecule has 8 nitrogen and oxygen atoms in total. The van der Waals surface area contributed by atoms with E-state index in [1.165, 1.54) is 12.8 Å². The van der Waals surface area contributed by atoms with Gasteiger partial charge in [0.25, 0.3) is 5.91 Å². The third kappa shape index (κ3) is 5.21. The van der Waals surface area contributed by atoms with Crippen LogP contribution in [0.4, 0.5) is 5.82 Å². The first kappa shape index (κ1) is 23.1. The van der Waals surface area contributed by atoms with Crippen molar-refractivity contribution < 1.29 is 14.3 Å². The Labute approximate surface area is 205 Å². The van der Waals surface area contributed by atoms with Gasteiger partial charge in [0.15, 0.2) is 0 Å². The summed E-state index contributed by atoms with van der Waals surface area (Å²) in [5.41, 5.74) is 8.77. The van der Waals surface area contributed by atoms with Crippen molar-refractivity contribution in [2.24, 2.45) is 0 Å². The fourth-order valence-electron chi connectivity index (χ4n) is 4.96. The van der Waals surface area contributed by atoms with Crippen LogP contribution in [0.3, 0.4) is 0 Å². The van der Waals surface area contributed by atoms with Crippen LogP contribution in [0.5, 0.6) is 11.5 Å². The Bertz CT molecular complexity index is 1150. The van der Waals surface area contributed by atoms with Crippen LogP contribution in [-0.4, -0.2) is 52.3 Å². The summed E-state index contributed by atoms with van der Waals surface area (Å²) < 4.78 is 11.7. The molecule has 1 saturated carbocycles. The zero-order valence-corrected chi connectivity index (χ0v) is 20.0. The molecular weight excluding hydrogens is 442 g/mol. The van der Waals surface area contributed by atoms with E-state index in [0.717, 1.165) is 48.3 Å². The number of hydrogen-bond acceptors (Lipinski definition) is 7. The summed E-state index contributed by atoms with van der Waals surface area (Å²) in [7, 11) is 1.61. The number of methoxy groups -OCH3 is 1. The van der Waals surface area contributed by atoms with Gasteiger partial charge in [-0.2, -0.15) is 5.10 Å². The van der Waals surface area contributed by atoms with E-state index in [4.69, 9.17) is 15.2 Å². The van der Waals surface area contributed by atoms with Crippen molar-refractivity contribution >= 4 is 11.7 Å². The van der Waals surface area contributed by atoms with Crippen molar-refractivity contribution in [2.45, 2.75) is 50.5 Å². The molecular formula is C27H31N5O3. The zero-order chi connectivity index (χ0) is 24.2. The number of nitrogens with zero attached hydrogens (tertiary/aromatic N) is 4. The molecule has 0 radical (unpaired) electrons. The first-order valence-electron chi connectivity index (χ1n) is 12.3. The van der Waals surface area contributed by atoms with E-state index < -0.39 is 0 Å². The highest BCUT2D eigenvalue weighted by molar-refractivity contribution is 5.93. The second-order valence-corrected chi connectivity index (χ2v) is 9.27. The van der Waals surface area contributed by atoms with E-state index in [9.17, 15) is 4.79 Å². The lowest BCUT2D eigenvalue weighted by atomic mass is 9.93. The number of anilines is 1. The number of carbonyl (C=O) groups is 1. The number of benzene rings is 1. The van der Waals surface area contributed by atoms with Gasteiger partial charge in [0.1, 0.15) is 23.0 Å². The molecule has 2 N–H and O–H groups in total. The molecule has 1 aliphatic carbocycles. The molecule has 5 rings (SSSR count). The number of pyridine rings is 1. The van der Waals surface area contributed by atoms with Crippen LogP contribution in [0.25, 0.3) is 11.1 Å². The highest BCUT2D eigenvalue weighted by Gasteiger charge is 2.27. The van der Waals surface area contributed by atoms with Gasteiger partial charge >= 0.3 is 0 Å². The quantitative estimate of drug-likeness (QED) is 0.563. The molecule has 1 saturated heterocycles. The van der Waals surface area contributed by atoms with Crippen molar-refractivity contribution in [1.82, 2.24) is 20.1 Å². The van der Waals surface area contributed by atoms with Gasteiger partial charge in [0, 0.05) is 36.8 Å². The summed E-state index contributed by atoms with van der Waals surface area (Å²) in [5, 5.41) is 8.16. The minimum Gasteiger partial charge on any atom is -0.496 e. The van der Waals surface area contributed by atoms with Crippen LogP contribution in [-0.2, 0) is 0 Å². The van der Waals surface area contributed by atoms with E-state index >= 15 is 0 Å². The fourth-order valence-corrected chi connectivity index (χ4v) is 4.96. The normalized spacial score (nSPS) is 16.9. The lowest BCUT2D eigenvalue weighted by Crippen LogP contribution is -2.38.